The molecule has 1 amide bonds. The van der Waals surface area contributed by atoms with Crippen molar-refractivity contribution in [2.24, 2.45) is 5.92 Å². The fraction of sp³-hybridized carbons (Fsp3) is 0.417. The number of ether oxygens (including phenoxy) is 1. The van der Waals surface area contributed by atoms with Gasteiger partial charge in [0.2, 0.25) is 0 Å². The molecule has 0 atom stereocenters. The average Bonchev–Trinajstić information content (AvgIpc) is 2.26. The molecule has 3 heteroatoms. The number of anilines is 1. The Bertz CT molecular complexity index is 309. The quantitative estimate of drug-likeness (QED) is 0.762. The largest absolute Gasteiger partial charge is 0.452 e. The molecule has 0 aliphatic rings. The highest BCUT2D eigenvalue weighted by atomic mass is 16.5. The number of rotatable bonds is 3. The summed E-state index contributed by atoms with van der Waals surface area (Å²) in [6.07, 6.45) is -0.310. The van der Waals surface area contributed by atoms with Crippen molar-refractivity contribution < 1.29 is 9.53 Å². The molecule has 1 aromatic rings. The van der Waals surface area contributed by atoms with Crippen LogP contribution >= 0.6 is 0 Å². The molecule has 0 N–H and O–H groups in total. The highest BCUT2D eigenvalue weighted by Gasteiger charge is 2.16. The van der Waals surface area contributed by atoms with Crippen LogP contribution in [0.3, 0.4) is 0 Å². The highest BCUT2D eigenvalue weighted by molar-refractivity contribution is 5.87. The van der Waals surface area contributed by atoms with Crippen molar-refractivity contribution in [3.05, 3.63) is 30.3 Å². The molecule has 0 unspecified atom stereocenters. The molecule has 0 aromatic heterocycles. The molecular formula is C12H17NO2. The third kappa shape index (κ3) is 3.27. The molecule has 82 valence electrons. The lowest BCUT2D eigenvalue weighted by Gasteiger charge is -2.22. The molecule has 0 spiro atoms. The standard InChI is InChI=1S/C12H17NO2/c1-10(2)9-13(12(14)15-3)11-7-5-4-6-8-11/h4-8,10H,9H2,1-3H3. The van der Waals surface area contributed by atoms with Crippen LogP contribution in [0.15, 0.2) is 30.3 Å². The lowest BCUT2D eigenvalue weighted by Crippen LogP contribution is -2.33. The third-order valence-corrected chi connectivity index (χ3v) is 2.01. The zero-order valence-electron chi connectivity index (χ0n) is 9.43. The maximum atomic E-state index is 11.6. The maximum absolute atomic E-state index is 11.6. The van der Waals surface area contributed by atoms with E-state index in [9.17, 15) is 4.79 Å². The third-order valence-electron chi connectivity index (χ3n) is 2.01. The molecule has 0 aliphatic carbocycles. The Kier molecular flexibility index (Phi) is 4.16. The normalized spacial score (nSPS) is 10.1. The van der Waals surface area contributed by atoms with Crippen LogP contribution in [0.25, 0.3) is 0 Å². The summed E-state index contributed by atoms with van der Waals surface area (Å²) in [4.78, 5) is 13.2. The van der Waals surface area contributed by atoms with Gasteiger partial charge in [-0.25, -0.2) is 4.79 Å². The zero-order valence-corrected chi connectivity index (χ0v) is 9.43. The number of amides is 1. The Balaban J connectivity index is 2.86. The topological polar surface area (TPSA) is 29.5 Å². The first-order chi connectivity index (χ1) is 7.15. The van der Waals surface area contributed by atoms with Crippen molar-refractivity contribution in [2.45, 2.75) is 13.8 Å². The van der Waals surface area contributed by atoms with Gasteiger partial charge in [-0.3, -0.25) is 4.90 Å². The molecule has 3 nitrogen and oxygen atoms in total. The minimum absolute atomic E-state index is 0.310. The van der Waals surface area contributed by atoms with Gasteiger partial charge in [0.15, 0.2) is 0 Å². The van der Waals surface area contributed by atoms with Gasteiger partial charge in [0.05, 0.1) is 7.11 Å². The number of hydrogen-bond donors (Lipinski definition) is 0. The fourth-order valence-corrected chi connectivity index (χ4v) is 1.37. The van der Waals surface area contributed by atoms with Crippen molar-refractivity contribution in [3.63, 3.8) is 0 Å². The fourth-order valence-electron chi connectivity index (χ4n) is 1.37. The number of nitrogens with zero attached hydrogens (tertiary/aromatic N) is 1. The molecule has 0 radical (unpaired) electrons. The van der Waals surface area contributed by atoms with Crippen molar-refractivity contribution >= 4 is 11.8 Å². The van der Waals surface area contributed by atoms with Crippen LogP contribution in [0.4, 0.5) is 10.5 Å². The van der Waals surface area contributed by atoms with E-state index in [4.69, 9.17) is 4.74 Å². The van der Waals surface area contributed by atoms with Gasteiger partial charge >= 0.3 is 6.09 Å². The first-order valence-electron chi connectivity index (χ1n) is 5.05. The van der Waals surface area contributed by atoms with E-state index in [1.54, 1.807) is 4.90 Å². The maximum Gasteiger partial charge on any atom is 0.414 e. The summed E-state index contributed by atoms with van der Waals surface area (Å²) in [6.45, 7) is 4.80. The molecule has 1 aromatic carbocycles. The number of para-hydroxylation sites is 1. The van der Waals surface area contributed by atoms with E-state index in [1.807, 2.05) is 30.3 Å². The summed E-state index contributed by atoms with van der Waals surface area (Å²) in [5, 5.41) is 0. The van der Waals surface area contributed by atoms with Gasteiger partial charge in [-0.15, -0.1) is 0 Å². The monoisotopic (exact) mass is 207 g/mol. The second kappa shape index (κ2) is 5.39. The highest BCUT2D eigenvalue weighted by Crippen LogP contribution is 2.15. The molecule has 15 heavy (non-hydrogen) atoms. The number of methoxy groups -OCH3 is 1. The predicted molar refractivity (Wildman–Crippen MR) is 61.0 cm³/mol. The Hall–Kier alpha value is -1.51. The zero-order chi connectivity index (χ0) is 11.3. The molecule has 1 rings (SSSR count). The minimum atomic E-state index is -0.310. The van der Waals surface area contributed by atoms with E-state index >= 15 is 0 Å². The van der Waals surface area contributed by atoms with Gasteiger partial charge in [-0.1, -0.05) is 32.0 Å². The summed E-state index contributed by atoms with van der Waals surface area (Å²) in [5.41, 5.74) is 0.873. The number of hydrogen-bond acceptors (Lipinski definition) is 2. The van der Waals surface area contributed by atoms with Gasteiger partial charge in [0, 0.05) is 12.2 Å². The first kappa shape index (κ1) is 11.6. The smallest absolute Gasteiger partial charge is 0.414 e. The van der Waals surface area contributed by atoms with Crippen LogP contribution in [0, 0.1) is 5.92 Å². The lowest BCUT2D eigenvalue weighted by molar-refractivity contribution is 0.177. The van der Waals surface area contributed by atoms with E-state index in [1.165, 1.54) is 7.11 Å². The van der Waals surface area contributed by atoms with E-state index in [0.29, 0.717) is 12.5 Å². The number of carbonyl (C=O) groups is 1. The summed E-state index contributed by atoms with van der Waals surface area (Å²) in [7, 11) is 1.40. The molecular weight excluding hydrogens is 190 g/mol. The Morgan fingerprint density at radius 2 is 1.93 bits per heavy atom. The van der Waals surface area contributed by atoms with Crippen LogP contribution < -0.4 is 4.90 Å². The average molecular weight is 207 g/mol. The molecule has 0 heterocycles. The second-order valence-electron chi connectivity index (χ2n) is 3.81. The second-order valence-corrected chi connectivity index (χ2v) is 3.81. The van der Waals surface area contributed by atoms with Crippen LogP contribution in [0.1, 0.15) is 13.8 Å². The van der Waals surface area contributed by atoms with Crippen molar-refractivity contribution in [2.75, 3.05) is 18.6 Å². The van der Waals surface area contributed by atoms with E-state index in [0.717, 1.165) is 5.69 Å². The van der Waals surface area contributed by atoms with Crippen LogP contribution in [-0.2, 0) is 4.74 Å². The molecule has 0 aliphatic heterocycles. The predicted octanol–water partition coefficient (Wildman–Crippen LogP) is 2.92. The van der Waals surface area contributed by atoms with Gasteiger partial charge < -0.3 is 4.74 Å². The first-order valence-corrected chi connectivity index (χ1v) is 5.05. The van der Waals surface area contributed by atoms with Gasteiger partial charge in [0.25, 0.3) is 0 Å². The van der Waals surface area contributed by atoms with Crippen molar-refractivity contribution in [3.8, 4) is 0 Å². The van der Waals surface area contributed by atoms with Crippen LogP contribution in [-0.4, -0.2) is 19.7 Å². The summed E-state index contributed by atoms with van der Waals surface area (Å²) in [5.74, 6) is 0.407. The Labute approximate surface area is 90.7 Å². The van der Waals surface area contributed by atoms with Crippen LogP contribution in [0.5, 0.6) is 0 Å². The Morgan fingerprint density at radius 1 is 1.33 bits per heavy atom. The number of carbonyl (C=O) groups excluding carboxylic acids is 1. The minimum Gasteiger partial charge on any atom is -0.452 e. The van der Waals surface area contributed by atoms with Gasteiger partial charge in [-0.05, 0) is 18.1 Å². The SMILES string of the molecule is COC(=O)N(CC(C)C)c1ccccc1. The van der Waals surface area contributed by atoms with Crippen molar-refractivity contribution in [1.82, 2.24) is 0 Å². The molecule has 0 saturated carbocycles. The summed E-state index contributed by atoms with van der Waals surface area (Å²) >= 11 is 0. The number of benzene rings is 1. The van der Waals surface area contributed by atoms with E-state index < -0.39 is 0 Å². The van der Waals surface area contributed by atoms with Gasteiger partial charge in [0.1, 0.15) is 0 Å². The van der Waals surface area contributed by atoms with E-state index in [2.05, 4.69) is 13.8 Å². The van der Waals surface area contributed by atoms with Gasteiger partial charge in [-0.2, -0.15) is 0 Å². The molecule has 0 bridgehead atoms. The summed E-state index contributed by atoms with van der Waals surface area (Å²) in [6, 6.07) is 9.55. The van der Waals surface area contributed by atoms with Crippen LogP contribution in [0.2, 0.25) is 0 Å². The van der Waals surface area contributed by atoms with E-state index in [-0.39, 0.29) is 6.09 Å². The van der Waals surface area contributed by atoms with Crippen molar-refractivity contribution in [1.29, 1.82) is 0 Å². The summed E-state index contributed by atoms with van der Waals surface area (Å²) < 4.78 is 4.75. The molecule has 0 saturated heterocycles. The lowest BCUT2D eigenvalue weighted by atomic mass is 10.2. The molecule has 0 fully saturated rings. The Morgan fingerprint density at radius 3 is 2.40 bits per heavy atom.